The predicted octanol–water partition coefficient (Wildman–Crippen LogP) is 3.11. The van der Waals surface area contributed by atoms with Gasteiger partial charge in [-0.25, -0.2) is 4.39 Å². The van der Waals surface area contributed by atoms with Gasteiger partial charge in [0.05, 0.1) is 0 Å². The van der Waals surface area contributed by atoms with Crippen molar-refractivity contribution in [3.8, 4) is 0 Å². The Bertz CT molecular complexity index is 722. The summed E-state index contributed by atoms with van der Waals surface area (Å²) < 4.78 is 19.5. The zero-order chi connectivity index (χ0) is 17.7. The lowest BCUT2D eigenvalue weighted by Gasteiger charge is -2.34. The molecule has 5 heteroatoms. The summed E-state index contributed by atoms with van der Waals surface area (Å²) in [5.74, 6) is -0.732. The average molecular weight is 331 g/mol. The second-order valence-electron chi connectivity index (χ2n) is 7.58. The van der Waals surface area contributed by atoms with Crippen molar-refractivity contribution in [1.82, 2.24) is 4.90 Å². The third-order valence-electron chi connectivity index (χ3n) is 4.53. The van der Waals surface area contributed by atoms with Crippen molar-refractivity contribution in [2.45, 2.75) is 44.4 Å². The Morgan fingerprint density at radius 3 is 2.71 bits per heavy atom. The highest BCUT2D eigenvalue weighted by molar-refractivity contribution is 5.99. The number of benzene rings is 1. The maximum Gasteiger partial charge on any atom is 0.326 e. The molecule has 4 nitrogen and oxygen atoms in total. The molecule has 0 saturated heterocycles. The van der Waals surface area contributed by atoms with Crippen LogP contribution in [0.25, 0.3) is 6.08 Å². The van der Waals surface area contributed by atoms with Gasteiger partial charge in [-0.2, -0.15) is 0 Å². The van der Waals surface area contributed by atoms with E-state index in [0.29, 0.717) is 12.0 Å². The fourth-order valence-electron chi connectivity index (χ4n) is 3.32. The van der Waals surface area contributed by atoms with Crippen molar-refractivity contribution < 1.29 is 18.7 Å². The van der Waals surface area contributed by atoms with Crippen LogP contribution < -0.4 is 0 Å². The van der Waals surface area contributed by atoms with Gasteiger partial charge >= 0.3 is 5.97 Å². The number of alkyl halides is 1. The number of ether oxygens (including phenoxy) is 1. The van der Waals surface area contributed by atoms with Crippen LogP contribution in [0.3, 0.4) is 0 Å². The van der Waals surface area contributed by atoms with Crippen LogP contribution in [0.1, 0.15) is 48.7 Å². The maximum absolute atomic E-state index is 14.2. The molecule has 0 bridgehead atoms. The molecule has 0 aromatic heterocycles. The molecule has 1 aliphatic heterocycles. The van der Waals surface area contributed by atoms with E-state index >= 15 is 0 Å². The standard InChI is InChI=1S/C19H22FNO3/c1-5-12-6-7-13-14(8-12)19(9-15(19)20)11-21(17(13)23)10-16(22)24-18(2,3)4/h5-8,15H,1,9-11H2,2-4H3/t15-,19?/m0/s1. The number of esters is 1. The average Bonchev–Trinajstić information content (AvgIpc) is 3.12. The summed E-state index contributed by atoms with van der Waals surface area (Å²) in [7, 11) is 0. The molecule has 1 unspecified atom stereocenters. The predicted molar refractivity (Wildman–Crippen MR) is 89.5 cm³/mol. The Morgan fingerprint density at radius 1 is 1.50 bits per heavy atom. The molecule has 3 rings (SSSR count). The number of halogens is 1. The van der Waals surface area contributed by atoms with Crippen LogP contribution in [0, 0.1) is 0 Å². The van der Waals surface area contributed by atoms with Crippen molar-refractivity contribution in [3.63, 3.8) is 0 Å². The van der Waals surface area contributed by atoms with Gasteiger partial charge in [0.1, 0.15) is 18.3 Å². The summed E-state index contributed by atoms with van der Waals surface area (Å²) in [6.45, 7) is 9.09. The molecule has 0 radical (unpaired) electrons. The molecule has 1 spiro atoms. The molecule has 0 N–H and O–H groups in total. The first kappa shape index (κ1) is 16.7. The molecule has 1 heterocycles. The van der Waals surface area contributed by atoms with E-state index in [1.165, 1.54) is 4.90 Å². The van der Waals surface area contributed by atoms with Crippen LogP contribution in [-0.2, 0) is 14.9 Å². The van der Waals surface area contributed by atoms with Gasteiger partial charge in [0.2, 0.25) is 0 Å². The second kappa shape index (κ2) is 5.43. The molecule has 1 saturated carbocycles. The first-order valence-corrected chi connectivity index (χ1v) is 8.08. The molecule has 2 aliphatic rings. The SMILES string of the molecule is C=Cc1ccc2c(c1)C1(C[C@@H]1F)CN(CC(=O)OC(C)(C)C)C2=O. The number of hydrogen-bond donors (Lipinski definition) is 0. The van der Waals surface area contributed by atoms with Crippen LogP contribution in [-0.4, -0.2) is 41.6 Å². The lowest BCUT2D eigenvalue weighted by Crippen LogP contribution is -2.47. The zero-order valence-corrected chi connectivity index (χ0v) is 14.3. The van der Waals surface area contributed by atoms with E-state index < -0.39 is 23.2 Å². The Balaban J connectivity index is 1.89. The summed E-state index contributed by atoms with van der Waals surface area (Å²) in [5.41, 5.74) is 0.755. The van der Waals surface area contributed by atoms with Gasteiger partial charge in [0, 0.05) is 17.5 Å². The van der Waals surface area contributed by atoms with E-state index in [-0.39, 0.29) is 19.0 Å². The van der Waals surface area contributed by atoms with Crippen molar-refractivity contribution >= 4 is 18.0 Å². The number of rotatable bonds is 3. The number of nitrogens with zero attached hydrogens (tertiary/aromatic N) is 1. The summed E-state index contributed by atoms with van der Waals surface area (Å²) in [6.07, 6.45) is 1.06. The lowest BCUT2D eigenvalue weighted by molar-refractivity contribution is -0.155. The summed E-state index contributed by atoms with van der Waals surface area (Å²) in [5, 5.41) is 0. The third kappa shape index (κ3) is 2.83. The Hall–Kier alpha value is -2.17. The largest absolute Gasteiger partial charge is 0.459 e. The zero-order valence-electron chi connectivity index (χ0n) is 14.3. The fraction of sp³-hybridized carbons (Fsp3) is 0.474. The molecular weight excluding hydrogens is 309 g/mol. The van der Waals surface area contributed by atoms with Crippen molar-refractivity contribution in [1.29, 1.82) is 0 Å². The number of carbonyl (C=O) groups excluding carboxylic acids is 2. The van der Waals surface area contributed by atoms with Crippen LogP contribution in [0.5, 0.6) is 0 Å². The van der Waals surface area contributed by atoms with E-state index in [1.807, 2.05) is 6.07 Å². The van der Waals surface area contributed by atoms with E-state index in [2.05, 4.69) is 6.58 Å². The van der Waals surface area contributed by atoms with Crippen molar-refractivity contribution in [2.75, 3.05) is 13.1 Å². The molecule has 2 atom stereocenters. The van der Waals surface area contributed by atoms with Crippen LogP contribution in [0.15, 0.2) is 24.8 Å². The minimum atomic E-state index is -0.995. The highest BCUT2D eigenvalue weighted by Gasteiger charge is 2.61. The van der Waals surface area contributed by atoms with E-state index in [9.17, 15) is 14.0 Å². The first-order chi connectivity index (χ1) is 11.2. The minimum Gasteiger partial charge on any atom is -0.459 e. The van der Waals surface area contributed by atoms with Crippen molar-refractivity contribution in [2.24, 2.45) is 0 Å². The first-order valence-electron chi connectivity index (χ1n) is 8.08. The van der Waals surface area contributed by atoms with E-state index in [4.69, 9.17) is 4.74 Å². The fourth-order valence-corrected chi connectivity index (χ4v) is 3.32. The van der Waals surface area contributed by atoms with Crippen LogP contribution >= 0.6 is 0 Å². The van der Waals surface area contributed by atoms with Crippen molar-refractivity contribution in [3.05, 3.63) is 41.5 Å². The van der Waals surface area contributed by atoms with Crippen LogP contribution in [0.4, 0.5) is 4.39 Å². The summed E-state index contributed by atoms with van der Waals surface area (Å²) >= 11 is 0. The summed E-state index contributed by atoms with van der Waals surface area (Å²) in [6, 6.07) is 5.32. The molecule has 1 aliphatic carbocycles. The van der Waals surface area contributed by atoms with Crippen LogP contribution in [0.2, 0.25) is 0 Å². The Morgan fingerprint density at radius 2 is 2.17 bits per heavy atom. The molecular formula is C19H22FNO3. The van der Waals surface area contributed by atoms with Gasteiger partial charge in [0.25, 0.3) is 5.91 Å². The molecule has 1 aromatic carbocycles. The van der Waals surface area contributed by atoms with E-state index in [0.717, 1.165) is 11.1 Å². The van der Waals surface area contributed by atoms with Gasteiger partial charge in [-0.05, 0) is 44.4 Å². The monoisotopic (exact) mass is 331 g/mol. The molecule has 1 amide bonds. The van der Waals surface area contributed by atoms with Gasteiger partial charge in [-0.3, -0.25) is 9.59 Å². The topological polar surface area (TPSA) is 46.6 Å². The second-order valence-corrected chi connectivity index (χ2v) is 7.58. The Labute approximate surface area is 141 Å². The third-order valence-corrected chi connectivity index (χ3v) is 4.53. The minimum absolute atomic E-state index is 0.160. The highest BCUT2D eigenvalue weighted by atomic mass is 19.1. The number of carbonyl (C=O) groups is 2. The van der Waals surface area contributed by atoms with Gasteiger partial charge in [0.15, 0.2) is 0 Å². The number of hydrogen-bond acceptors (Lipinski definition) is 3. The van der Waals surface area contributed by atoms with Gasteiger partial charge in [-0.1, -0.05) is 24.8 Å². The quantitative estimate of drug-likeness (QED) is 0.800. The lowest BCUT2D eigenvalue weighted by atomic mass is 9.85. The van der Waals surface area contributed by atoms with Gasteiger partial charge < -0.3 is 9.64 Å². The number of amides is 1. The summed E-state index contributed by atoms with van der Waals surface area (Å²) in [4.78, 5) is 26.2. The maximum atomic E-state index is 14.2. The molecule has 128 valence electrons. The molecule has 1 aromatic rings. The highest BCUT2D eigenvalue weighted by Crippen LogP contribution is 2.54. The molecule has 1 fully saturated rings. The molecule has 24 heavy (non-hydrogen) atoms. The Kier molecular flexibility index (Phi) is 3.78. The number of fused-ring (bicyclic) bond motifs is 2. The van der Waals surface area contributed by atoms with Gasteiger partial charge in [-0.15, -0.1) is 0 Å². The normalized spacial score (nSPS) is 25.4. The smallest absolute Gasteiger partial charge is 0.326 e. The van der Waals surface area contributed by atoms with E-state index in [1.54, 1.807) is 39.0 Å².